The lowest BCUT2D eigenvalue weighted by atomic mass is 9.95. The summed E-state index contributed by atoms with van der Waals surface area (Å²) in [5, 5.41) is 5.60. The molecule has 7 heteroatoms. The lowest BCUT2D eigenvalue weighted by Crippen LogP contribution is -2.27. The van der Waals surface area contributed by atoms with E-state index < -0.39 is 11.3 Å². The Morgan fingerprint density at radius 3 is 2.38 bits per heavy atom. The highest BCUT2D eigenvalue weighted by atomic mass is 16.2. The summed E-state index contributed by atoms with van der Waals surface area (Å²) in [5.41, 5.74) is 7.17. The second-order valence-electron chi connectivity index (χ2n) is 6.51. The van der Waals surface area contributed by atoms with Crippen molar-refractivity contribution in [2.45, 2.75) is 27.7 Å². The fourth-order valence-corrected chi connectivity index (χ4v) is 1.79. The molecule has 0 atom stereocenters. The van der Waals surface area contributed by atoms with Gasteiger partial charge in [0.1, 0.15) is 11.5 Å². The molecule has 1 heterocycles. The van der Waals surface area contributed by atoms with E-state index in [1.54, 1.807) is 12.1 Å². The molecule has 0 radical (unpaired) electrons. The molecule has 0 aliphatic heterocycles. The molecule has 2 amide bonds. The van der Waals surface area contributed by atoms with E-state index in [4.69, 9.17) is 5.73 Å². The molecular formula is C17H21N5O2. The van der Waals surface area contributed by atoms with Crippen molar-refractivity contribution in [2.24, 2.45) is 5.41 Å². The molecule has 7 nitrogen and oxygen atoms in total. The van der Waals surface area contributed by atoms with Crippen molar-refractivity contribution in [3.63, 3.8) is 0 Å². The third kappa shape index (κ3) is 4.28. The highest BCUT2D eigenvalue weighted by Crippen LogP contribution is 2.23. The number of nitrogens with zero attached hydrogens (tertiary/aromatic N) is 2. The standard InChI is InChI=1S/C17H21N5O2/c1-10-5-6-11(21-16(24)17(2,3)4)7-12(10)22-15(23)13-8-20-14(18)9-19-13/h5-9H,1-4H3,(H2,18,20)(H,21,24)(H,22,23). The van der Waals surface area contributed by atoms with Gasteiger partial charge >= 0.3 is 0 Å². The molecule has 1 aromatic carbocycles. The highest BCUT2D eigenvalue weighted by molar-refractivity contribution is 6.03. The van der Waals surface area contributed by atoms with Crippen LogP contribution in [0.25, 0.3) is 0 Å². The van der Waals surface area contributed by atoms with Crippen LogP contribution in [-0.4, -0.2) is 21.8 Å². The Kier molecular flexibility index (Phi) is 4.82. The van der Waals surface area contributed by atoms with Crippen LogP contribution in [0.15, 0.2) is 30.6 Å². The number of carbonyl (C=O) groups excluding carboxylic acids is 2. The number of carbonyl (C=O) groups is 2. The number of amides is 2. The van der Waals surface area contributed by atoms with Crippen molar-refractivity contribution < 1.29 is 9.59 Å². The number of nitrogens with one attached hydrogen (secondary N) is 2. The number of aryl methyl sites for hydroxylation is 1. The Labute approximate surface area is 140 Å². The van der Waals surface area contributed by atoms with Crippen molar-refractivity contribution >= 4 is 29.0 Å². The average Bonchev–Trinajstić information content (AvgIpc) is 2.50. The lowest BCUT2D eigenvalue weighted by Gasteiger charge is -2.18. The minimum atomic E-state index is -0.506. The van der Waals surface area contributed by atoms with Crippen LogP contribution in [-0.2, 0) is 4.79 Å². The van der Waals surface area contributed by atoms with Crippen LogP contribution < -0.4 is 16.4 Å². The van der Waals surface area contributed by atoms with Crippen molar-refractivity contribution in [1.82, 2.24) is 9.97 Å². The molecule has 0 fully saturated rings. The van der Waals surface area contributed by atoms with Crippen molar-refractivity contribution in [3.8, 4) is 0 Å². The van der Waals surface area contributed by atoms with Crippen LogP contribution in [0.4, 0.5) is 17.2 Å². The van der Waals surface area contributed by atoms with Gasteiger partial charge in [-0.1, -0.05) is 26.8 Å². The molecule has 1 aromatic heterocycles. The van der Waals surface area contributed by atoms with E-state index in [0.717, 1.165) is 5.56 Å². The third-order valence-corrected chi connectivity index (χ3v) is 3.33. The monoisotopic (exact) mass is 327 g/mol. The van der Waals surface area contributed by atoms with E-state index in [1.165, 1.54) is 12.4 Å². The van der Waals surface area contributed by atoms with E-state index >= 15 is 0 Å². The predicted octanol–water partition coefficient (Wildman–Crippen LogP) is 2.60. The summed E-state index contributed by atoms with van der Waals surface area (Å²) < 4.78 is 0. The molecule has 2 aromatic rings. The van der Waals surface area contributed by atoms with Gasteiger partial charge in [-0.25, -0.2) is 9.97 Å². The first-order valence-electron chi connectivity index (χ1n) is 7.48. The number of anilines is 3. The maximum atomic E-state index is 12.2. The summed E-state index contributed by atoms with van der Waals surface area (Å²) in [7, 11) is 0. The topological polar surface area (TPSA) is 110 Å². The van der Waals surface area contributed by atoms with Crippen molar-refractivity contribution in [2.75, 3.05) is 16.4 Å². The second-order valence-corrected chi connectivity index (χ2v) is 6.51. The fraction of sp³-hybridized carbons (Fsp3) is 0.294. The van der Waals surface area contributed by atoms with Crippen molar-refractivity contribution in [3.05, 3.63) is 41.9 Å². The van der Waals surface area contributed by atoms with Gasteiger partial charge in [0.25, 0.3) is 5.91 Å². The molecule has 0 aliphatic carbocycles. The molecule has 0 saturated heterocycles. The zero-order chi connectivity index (χ0) is 17.9. The summed E-state index contributed by atoms with van der Waals surface area (Å²) in [6.45, 7) is 7.36. The molecule has 0 aliphatic rings. The van der Waals surface area contributed by atoms with Gasteiger partial charge in [-0.2, -0.15) is 0 Å². The summed E-state index contributed by atoms with van der Waals surface area (Å²) in [4.78, 5) is 32.1. The Bertz CT molecular complexity index is 764. The Morgan fingerprint density at radius 2 is 1.79 bits per heavy atom. The van der Waals surface area contributed by atoms with E-state index in [9.17, 15) is 9.59 Å². The SMILES string of the molecule is Cc1ccc(NC(=O)C(C)(C)C)cc1NC(=O)c1cnc(N)cn1. The smallest absolute Gasteiger partial charge is 0.275 e. The lowest BCUT2D eigenvalue weighted by molar-refractivity contribution is -0.123. The van der Waals surface area contributed by atoms with Gasteiger partial charge in [0.15, 0.2) is 0 Å². The molecule has 0 bridgehead atoms. The predicted molar refractivity (Wildman–Crippen MR) is 93.7 cm³/mol. The molecular weight excluding hydrogens is 306 g/mol. The maximum absolute atomic E-state index is 12.2. The van der Waals surface area contributed by atoms with Crippen LogP contribution in [0, 0.1) is 12.3 Å². The molecule has 4 N–H and O–H groups in total. The normalized spacial score (nSPS) is 11.0. The van der Waals surface area contributed by atoms with Crippen molar-refractivity contribution in [1.29, 1.82) is 0 Å². The van der Waals surface area contributed by atoms with E-state index in [1.807, 2.05) is 33.8 Å². The minimum Gasteiger partial charge on any atom is -0.382 e. The van der Waals surface area contributed by atoms with E-state index in [0.29, 0.717) is 11.4 Å². The van der Waals surface area contributed by atoms with Crippen LogP contribution in [0.1, 0.15) is 36.8 Å². The van der Waals surface area contributed by atoms with Crippen LogP contribution in [0.2, 0.25) is 0 Å². The first-order valence-corrected chi connectivity index (χ1v) is 7.48. The first kappa shape index (κ1) is 17.4. The quantitative estimate of drug-likeness (QED) is 0.802. The van der Waals surface area contributed by atoms with Gasteiger partial charge in [-0.3, -0.25) is 9.59 Å². The van der Waals surface area contributed by atoms with Gasteiger partial charge < -0.3 is 16.4 Å². The molecule has 126 valence electrons. The highest BCUT2D eigenvalue weighted by Gasteiger charge is 2.21. The van der Waals surface area contributed by atoms with E-state index in [-0.39, 0.29) is 17.4 Å². The number of rotatable bonds is 3. The number of hydrogen-bond donors (Lipinski definition) is 3. The number of nitrogens with two attached hydrogens (primary N) is 1. The summed E-state index contributed by atoms with van der Waals surface area (Å²) in [5.74, 6) is -0.257. The van der Waals surface area contributed by atoms with Gasteiger partial charge in [0.2, 0.25) is 5.91 Å². The molecule has 0 spiro atoms. The molecule has 0 unspecified atom stereocenters. The van der Waals surface area contributed by atoms with Gasteiger partial charge in [0, 0.05) is 16.8 Å². The van der Waals surface area contributed by atoms with Crippen LogP contribution >= 0.6 is 0 Å². The summed E-state index contributed by atoms with van der Waals surface area (Å²) >= 11 is 0. The molecule has 2 rings (SSSR count). The first-order chi connectivity index (χ1) is 11.2. The molecule has 0 saturated carbocycles. The number of nitrogen functional groups attached to an aromatic ring is 1. The zero-order valence-electron chi connectivity index (χ0n) is 14.2. The van der Waals surface area contributed by atoms with Gasteiger partial charge in [0.05, 0.1) is 12.4 Å². The minimum absolute atomic E-state index is 0.104. The number of hydrogen-bond acceptors (Lipinski definition) is 5. The number of aromatic nitrogens is 2. The Hall–Kier alpha value is -2.96. The zero-order valence-corrected chi connectivity index (χ0v) is 14.2. The number of benzene rings is 1. The average molecular weight is 327 g/mol. The van der Waals surface area contributed by atoms with Crippen LogP contribution in [0.5, 0.6) is 0 Å². The largest absolute Gasteiger partial charge is 0.382 e. The molecule has 24 heavy (non-hydrogen) atoms. The van der Waals surface area contributed by atoms with Gasteiger partial charge in [-0.05, 0) is 24.6 Å². The maximum Gasteiger partial charge on any atom is 0.275 e. The second kappa shape index (κ2) is 6.66. The Balaban J connectivity index is 2.18. The van der Waals surface area contributed by atoms with Crippen LogP contribution in [0.3, 0.4) is 0 Å². The summed E-state index contributed by atoms with van der Waals surface area (Å²) in [6.07, 6.45) is 2.63. The van der Waals surface area contributed by atoms with Gasteiger partial charge in [-0.15, -0.1) is 0 Å². The Morgan fingerprint density at radius 1 is 1.08 bits per heavy atom. The fourth-order valence-electron chi connectivity index (χ4n) is 1.79. The van der Waals surface area contributed by atoms with E-state index in [2.05, 4.69) is 20.6 Å². The third-order valence-electron chi connectivity index (χ3n) is 3.33. The summed E-state index contributed by atoms with van der Waals surface area (Å²) in [6, 6.07) is 5.32.